The van der Waals surface area contributed by atoms with Crippen LogP contribution in [0.4, 0.5) is 0 Å². The van der Waals surface area contributed by atoms with Crippen LogP contribution in [0.2, 0.25) is 0 Å². The van der Waals surface area contributed by atoms with Gasteiger partial charge in [-0.1, -0.05) is 13.8 Å². The molecule has 1 heterocycles. The Hall–Kier alpha value is -0.920. The zero-order chi connectivity index (χ0) is 14.7. The van der Waals surface area contributed by atoms with Crippen molar-refractivity contribution < 1.29 is 8.42 Å². The SMILES string of the molecule is CCC(CC)(CNS(=O)(=O)c1cnn(C)c1)N(C)C. The molecule has 0 saturated carbocycles. The number of sulfonamides is 1. The van der Waals surface area contributed by atoms with Crippen molar-refractivity contribution in [1.29, 1.82) is 0 Å². The van der Waals surface area contributed by atoms with Crippen LogP contribution in [-0.4, -0.2) is 49.3 Å². The lowest BCUT2D eigenvalue weighted by Gasteiger charge is -2.38. The average Bonchev–Trinajstić information content (AvgIpc) is 2.78. The fourth-order valence-electron chi connectivity index (χ4n) is 2.14. The van der Waals surface area contributed by atoms with Crippen LogP contribution in [0, 0.1) is 0 Å². The van der Waals surface area contributed by atoms with E-state index in [1.54, 1.807) is 7.05 Å². The molecule has 0 amide bonds. The summed E-state index contributed by atoms with van der Waals surface area (Å²) in [6.45, 7) is 4.54. The fraction of sp³-hybridized carbons (Fsp3) is 0.750. The highest BCUT2D eigenvalue weighted by atomic mass is 32.2. The van der Waals surface area contributed by atoms with Crippen LogP contribution < -0.4 is 4.72 Å². The molecule has 0 atom stereocenters. The third kappa shape index (κ3) is 3.55. The van der Waals surface area contributed by atoms with Gasteiger partial charge in [-0.05, 0) is 26.9 Å². The largest absolute Gasteiger partial charge is 0.302 e. The van der Waals surface area contributed by atoms with Crippen molar-refractivity contribution in [2.75, 3.05) is 20.6 Å². The normalized spacial score (nSPS) is 13.2. The maximum Gasteiger partial charge on any atom is 0.243 e. The van der Waals surface area contributed by atoms with E-state index in [0.29, 0.717) is 6.54 Å². The van der Waals surface area contributed by atoms with Crippen LogP contribution in [0.25, 0.3) is 0 Å². The fourth-order valence-corrected chi connectivity index (χ4v) is 3.24. The molecule has 110 valence electrons. The lowest BCUT2D eigenvalue weighted by atomic mass is 9.92. The highest BCUT2D eigenvalue weighted by molar-refractivity contribution is 7.89. The van der Waals surface area contributed by atoms with Crippen LogP contribution in [0.15, 0.2) is 17.3 Å². The molecule has 0 saturated heterocycles. The quantitative estimate of drug-likeness (QED) is 0.806. The zero-order valence-electron chi connectivity index (χ0n) is 12.3. The van der Waals surface area contributed by atoms with Gasteiger partial charge in [-0.15, -0.1) is 0 Å². The topological polar surface area (TPSA) is 67.2 Å². The van der Waals surface area contributed by atoms with E-state index in [-0.39, 0.29) is 10.4 Å². The molecule has 6 nitrogen and oxygen atoms in total. The second-order valence-electron chi connectivity index (χ2n) is 5.00. The molecule has 1 aromatic heterocycles. The van der Waals surface area contributed by atoms with E-state index in [1.165, 1.54) is 17.1 Å². The van der Waals surface area contributed by atoms with E-state index in [4.69, 9.17) is 0 Å². The summed E-state index contributed by atoms with van der Waals surface area (Å²) in [5, 5.41) is 3.89. The summed E-state index contributed by atoms with van der Waals surface area (Å²) in [5.74, 6) is 0. The third-order valence-corrected chi connectivity index (χ3v) is 5.20. The van der Waals surface area contributed by atoms with Crippen LogP contribution >= 0.6 is 0 Å². The Labute approximate surface area is 115 Å². The van der Waals surface area contributed by atoms with E-state index in [1.807, 2.05) is 14.1 Å². The van der Waals surface area contributed by atoms with Crippen molar-refractivity contribution in [2.24, 2.45) is 7.05 Å². The molecule has 0 spiro atoms. The van der Waals surface area contributed by atoms with Crippen LogP contribution in [0.5, 0.6) is 0 Å². The van der Waals surface area contributed by atoms with Gasteiger partial charge >= 0.3 is 0 Å². The van der Waals surface area contributed by atoms with E-state index in [9.17, 15) is 8.42 Å². The highest BCUT2D eigenvalue weighted by Crippen LogP contribution is 2.21. The monoisotopic (exact) mass is 288 g/mol. The molecular weight excluding hydrogens is 264 g/mol. The number of likely N-dealkylation sites (N-methyl/N-ethyl adjacent to an activating group) is 1. The first kappa shape index (κ1) is 16.1. The van der Waals surface area contributed by atoms with Crippen LogP contribution in [0.3, 0.4) is 0 Å². The molecular formula is C12H24N4O2S. The summed E-state index contributed by atoms with van der Waals surface area (Å²) in [6.07, 6.45) is 4.62. The summed E-state index contributed by atoms with van der Waals surface area (Å²) >= 11 is 0. The molecule has 0 aliphatic rings. The summed E-state index contributed by atoms with van der Waals surface area (Å²) < 4.78 is 28.5. The van der Waals surface area contributed by atoms with Gasteiger partial charge in [0.25, 0.3) is 0 Å². The molecule has 7 heteroatoms. The molecule has 0 aliphatic heterocycles. The van der Waals surface area contributed by atoms with Gasteiger partial charge in [0.15, 0.2) is 0 Å². The maximum absolute atomic E-state index is 12.2. The second kappa shape index (κ2) is 6.02. The van der Waals surface area contributed by atoms with E-state index >= 15 is 0 Å². The van der Waals surface area contributed by atoms with Gasteiger partial charge in [0.2, 0.25) is 10.0 Å². The molecule has 0 bridgehead atoms. The lowest BCUT2D eigenvalue weighted by molar-refractivity contribution is 0.143. The summed E-state index contributed by atoms with van der Waals surface area (Å²) in [4.78, 5) is 2.29. The first-order valence-corrected chi connectivity index (χ1v) is 7.91. The number of aromatic nitrogens is 2. The van der Waals surface area contributed by atoms with Gasteiger partial charge in [-0.25, -0.2) is 13.1 Å². The Bertz CT molecular complexity index is 504. The number of rotatable bonds is 7. The number of hydrogen-bond acceptors (Lipinski definition) is 4. The maximum atomic E-state index is 12.2. The van der Waals surface area contributed by atoms with Gasteiger partial charge in [0.05, 0.1) is 6.20 Å². The minimum atomic E-state index is -3.49. The molecule has 0 unspecified atom stereocenters. The summed E-state index contributed by atoms with van der Waals surface area (Å²) in [6, 6.07) is 0. The minimum Gasteiger partial charge on any atom is -0.302 e. The lowest BCUT2D eigenvalue weighted by Crippen LogP contribution is -2.51. The van der Waals surface area contributed by atoms with E-state index < -0.39 is 10.0 Å². The predicted molar refractivity (Wildman–Crippen MR) is 75.4 cm³/mol. The zero-order valence-corrected chi connectivity index (χ0v) is 13.2. The second-order valence-corrected chi connectivity index (χ2v) is 6.77. The first-order chi connectivity index (χ1) is 8.77. The third-order valence-electron chi connectivity index (χ3n) is 3.85. The van der Waals surface area contributed by atoms with Gasteiger partial charge < -0.3 is 4.90 Å². The molecule has 0 aliphatic carbocycles. The predicted octanol–water partition coefficient (Wildman–Crippen LogP) is 0.819. The number of hydrogen-bond donors (Lipinski definition) is 1. The Morgan fingerprint density at radius 2 is 1.95 bits per heavy atom. The van der Waals surface area contributed by atoms with Crippen molar-refractivity contribution >= 4 is 10.0 Å². The molecule has 19 heavy (non-hydrogen) atoms. The Morgan fingerprint density at radius 3 is 2.32 bits per heavy atom. The Morgan fingerprint density at radius 1 is 1.37 bits per heavy atom. The van der Waals surface area contributed by atoms with Gasteiger partial charge in [0.1, 0.15) is 4.90 Å². The van der Waals surface area contributed by atoms with Crippen molar-refractivity contribution in [1.82, 2.24) is 19.4 Å². The van der Waals surface area contributed by atoms with Crippen molar-refractivity contribution in [3.8, 4) is 0 Å². The first-order valence-electron chi connectivity index (χ1n) is 6.43. The molecule has 1 rings (SSSR count). The average molecular weight is 288 g/mol. The number of nitrogens with one attached hydrogen (secondary N) is 1. The van der Waals surface area contributed by atoms with Gasteiger partial charge in [-0.3, -0.25) is 4.68 Å². The number of aryl methyl sites for hydroxylation is 1. The highest BCUT2D eigenvalue weighted by Gasteiger charge is 2.30. The van der Waals surface area contributed by atoms with Crippen LogP contribution in [-0.2, 0) is 17.1 Å². The molecule has 1 N–H and O–H groups in total. The summed E-state index contributed by atoms with van der Waals surface area (Å²) in [5.41, 5.74) is -0.157. The minimum absolute atomic E-state index is 0.157. The summed E-state index contributed by atoms with van der Waals surface area (Å²) in [7, 11) is 2.16. The van der Waals surface area contributed by atoms with Gasteiger partial charge in [-0.2, -0.15) is 5.10 Å². The standard InChI is InChI=1S/C12H24N4O2S/c1-6-12(7-2,15(3)4)10-14-19(17,18)11-8-13-16(5)9-11/h8-9,14H,6-7,10H2,1-5H3. The van der Waals surface area contributed by atoms with Crippen molar-refractivity contribution in [3.63, 3.8) is 0 Å². The van der Waals surface area contributed by atoms with Crippen LogP contribution in [0.1, 0.15) is 26.7 Å². The number of nitrogens with zero attached hydrogens (tertiary/aromatic N) is 3. The van der Waals surface area contributed by atoms with Crippen molar-refractivity contribution in [2.45, 2.75) is 37.1 Å². The Kier molecular flexibility index (Phi) is 5.11. The molecule has 0 fully saturated rings. The van der Waals surface area contributed by atoms with Gasteiger partial charge in [0, 0.05) is 25.3 Å². The van der Waals surface area contributed by atoms with E-state index in [0.717, 1.165) is 12.8 Å². The van der Waals surface area contributed by atoms with E-state index in [2.05, 4.69) is 28.6 Å². The molecule has 1 aromatic rings. The smallest absolute Gasteiger partial charge is 0.243 e. The molecule has 0 aromatic carbocycles. The van der Waals surface area contributed by atoms with Crippen molar-refractivity contribution in [3.05, 3.63) is 12.4 Å². The Balaban J connectivity index is 2.85. The molecule has 0 radical (unpaired) electrons.